The molecule has 0 amide bonds. The predicted octanol–water partition coefficient (Wildman–Crippen LogP) is 2.22. The Morgan fingerprint density at radius 3 is 2.90 bits per heavy atom. The molecule has 1 aliphatic rings. The zero-order valence-electron chi connectivity index (χ0n) is 11.0. The minimum Gasteiger partial charge on any atom is -0.382 e. The van der Waals surface area contributed by atoms with Gasteiger partial charge in [0.15, 0.2) is 0 Å². The number of ether oxygens (including phenoxy) is 2. The molecular weight excluding hydrogens is 274 g/mol. The van der Waals surface area contributed by atoms with Crippen LogP contribution in [0.15, 0.2) is 30.3 Å². The van der Waals surface area contributed by atoms with Crippen LogP contribution >= 0.6 is 11.5 Å². The van der Waals surface area contributed by atoms with Crippen molar-refractivity contribution in [3.63, 3.8) is 0 Å². The van der Waals surface area contributed by atoms with Crippen LogP contribution in [-0.4, -0.2) is 36.8 Å². The Labute approximate surface area is 121 Å². The Morgan fingerprint density at radius 2 is 2.15 bits per heavy atom. The summed E-state index contributed by atoms with van der Waals surface area (Å²) in [5.74, 6) is 0.560. The minimum absolute atomic E-state index is 0.0793. The molecule has 0 radical (unpaired) electrons. The molecular formula is C14H17N3O2S. The van der Waals surface area contributed by atoms with E-state index in [1.165, 1.54) is 11.5 Å². The SMILES string of the molecule is Nc1nsc(NCC2COCCO2)c1-c1ccccc1. The van der Waals surface area contributed by atoms with E-state index in [0.29, 0.717) is 32.2 Å². The van der Waals surface area contributed by atoms with Gasteiger partial charge in [0.1, 0.15) is 10.8 Å². The zero-order chi connectivity index (χ0) is 13.8. The standard InChI is InChI=1S/C14H17N3O2S/c15-13-12(10-4-2-1-3-5-10)14(20-17-13)16-8-11-9-18-6-7-19-11/h1-5,11,16H,6-9H2,(H2,15,17). The average Bonchev–Trinajstić information content (AvgIpc) is 2.88. The van der Waals surface area contributed by atoms with Crippen molar-refractivity contribution >= 4 is 22.4 Å². The highest BCUT2D eigenvalue weighted by atomic mass is 32.1. The summed E-state index contributed by atoms with van der Waals surface area (Å²) in [6.07, 6.45) is 0.0793. The van der Waals surface area contributed by atoms with Crippen LogP contribution in [0.1, 0.15) is 0 Å². The lowest BCUT2D eigenvalue weighted by atomic mass is 10.1. The van der Waals surface area contributed by atoms with Crippen LogP contribution in [-0.2, 0) is 9.47 Å². The maximum absolute atomic E-state index is 5.99. The fraction of sp³-hybridized carbons (Fsp3) is 0.357. The van der Waals surface area contributed by atoms with E-state index in [9.17, 15) is 0 Å². The number of hydrogen-bond donors (Lipinski definition) is 2. The number of nitrogens with zero attached hydrogens (tertiary/aromatic N) is 1. The minimum atomic E-state index is 0.0793. The lowest BCUT2D eigenvalue weighted by Gasteiger charge is -2.23. The quantitative estimate of drug-likeness (QED) is 0.904. The number of nitrogens with one attached hydrogen (secondary N) is 1. The molecule has 1 aromatic carbocycles. The van der Waals surface area contributed by atoms with Gasteiger partial charge in [-0.15, -0.1) is 0 Å². The van der Waals surface area contributed by atoms with E-state index in [2.05, 4.69) is 9.69 Å². The summed E-state index contributed by atoms with van der Waals surface area (Å²) in [5.41, 5.74) is 8.02. The van der Waals surface area contributed by atoms with Crippen molar-refractivity contribution in [2.75, 3.05) is 37.4 Å². The molecule has 0 spiro atoms. The van der Waals surface area contributed by atoms with E-state index in [-0.39, 0.29) is 6.10 Å². The van der Waals surface area contributed by atoms with Crippen molar-refractivity contribution in [3.05, 3.63) is 30.3 Å². The van der Waals surface area contributed by atoms with Gasteiger partial charge < -0.3 is 20.5 Å². The Hall–Kier alpha value is -1.63. The predicted molar refractivity (Wildman–Crippen MR) is 81.0 cm³/mol. The van der Waals surface area contributed by atoms with Crippen LogP contribution in [0.25, 0.3) is 11.1 Å². The third-order valence-electron chi connectivity index (χ3n) is 3.16. The van der Waals surface area contributed by atoms with Gasteiger partial charge in [-0.05, 0) is 17.1 Å². The lowest BCUT2D eigenvalue weighted by Crippen LogP contribution is -2.34. The number of anilines is 2. The number of hydrogen-bond acceptors (Lipinski definition) is 6. The number of aromatic nitrogens is 1. The fourth-order valence-corrected chi connectivity index (χ4v) is 2.91. The first-order valence-electron chi connectivity index (χ1n) is 6.58. The number of rotatable bonds is 4. The maximum Gasteiger partial charge on any atom is 0.147 e. The normalized spacial score (nSPS) is 18.9. The van der Waals surface area contributed by atoms with Gasteiger partial charge in [-0.2, -0.15) is 4.37 Å². The van der Waals surface area contributed by atoms with Crippen molar-refractivity contribution in [2.24, 2.45) is 0 Å². The maximum atomic E-state index is 5.99. The summed E-state index contributed by atoms with van der Waals surface area (Å²) >= 11 is 1.38. The molecule has 106 valence electrons. The summed E-state index contributed by atoms with van der Waals surface area (Å²) in [4.78, 5) is 0. The van der Waals surface area contributed by atoms with E-state index in [0.717, 1.165) is 16.1 Å². The van der Waals surface area contributed by atoms with Crippen LogP contribution < -0.4 is 11.1 Å². The van der Waals surface area contributed by atoms with Crippen LogP contribution in [0.2, 0.25) is 0 Å². The van der Waals surface area contributed by atoms with Gasteiger partial charge in [-0.3, -0.25) is 0 Å². The molecule has 20 heavy (non-hydrogen) atoms. The van der Waals surface area contributed by atoms with Gasteiger partial charge in [0.25, 0.3) is 0 Å². The first-order chi connectivity index (χ1) is 9.84. The van der Waals surface area contributed by atoms with Crippen molar-refractivity contribution in [1.29, 1.82) is 0 Å². The average molecular weight is 291 g/mol. The number of benzene rings is 1. The largest absolute Gasteiger partial charge is 0.382 e. The van der Waals surface area contributed by atoms with E-state index < -0.39 is 0 Å². The van der Waals surface area contributed by atoms with Gasteiger partial charge >= 0.3 is 0 Å². The van der Waals surface area contributed by atoms with Crippen molar-refractivity contribution < 1.29 is 9.47 Å². The Balaban J connectivity index is 1.74. The zero-order valence-corrected chi connectivity index (χ0v) is 11.9. The van der Waals surface area contributed by atoms with E-state index in [1.807, 2.05) is 30.3 Å². The van der Waals surface area contributed by atoms with Crippen LogP contribution in [0, 0.1) is 0 Å². The second kappa shape index (κ2) is 6.21. The second-order valence-electron chi connectivity index (χ2n) is 4.59. The number of nitrogens with two attached hydrogens (primary N) is 1. The highest BCUT2D eigenvalue weighted by Crippen LogP contribution is 2.36. The summed E-state index contributed by atoms with van der Waals surface area (Å²) in [6, 6.07) is 10.0. The van der Waals surface area contributed by atoms with E-state index in [4.69, 9.17) is 15.2 Å². The third-order valence-corrected chi connectivity index (χ3v) is 3.98. The van der Waals surface area contributed by atoms with Crippen LogP contribution in [0.5, 0.6) is 0 Å². The van der Waals surface area contributed by atoms with Gasteiger partial charge in [0.2, 0.25) is 0 Å². The van der Waals surface area contributed by atoms with Gasteiger partial charge in [-0.25, -0.2) is 0 Å². The molecule has 1 atom stereocenters. The van der Waals surface area contributed by atoms with Crippen molar-refractivity contribution in [3.8, 4) is 11.1 Å². The van der Waals surface area contributed by atoms with Crippen LogP contribution in [0.4, 0.5) is 10.8 Å². The molecule has 1 aromatic heterocycles. The molecule has 1 fully saturated rings. The Morgan fingerprint density at radius 1 is 1.30 bits per heavy atom. The topological polar surface area (TPSA) is 69.4 Å². The Kier molecular flexibility index (Phi) is 4.15. The molecule has 1 saturated heterocycles. The highest BCUT2D eigenvalue weighted by Gasteiger charge is 2.17. The molecule has 1 aliphatic heterocycles. The van der Waals surface area contributed by atoms with Gasteiger partial charge in [0.05, 0.1) is 31.5 Å². The molecule has 0 saturated carbocycles. The van der Waals surface area contributed by atoms with Crippen molar-refractivity contribution in [1.82, 2.24) is 4.37 Å². The summed E-state index contributed by atoms with van der Waals surface area (Å²) < 4.78 is 15.2. The van der Waals surface area contributed by atoms with E-state index >= 15 is 0 Å². The Bertz CT molecular complexity index is 553. The lowest BCUT2D eigenvalue weighted by molar-refractivity contribution is -0.0818. The molecule has 0 aliphatic carbocycles. The first kappa shape index (κ1) is 13.4. The highest BCUT2D eigenvalue weighted by molar-refractivity contribution is 7.11. The molecule has 5 nitrogen and oxygen atoms in total. The molecule has 0 bridgehead atoms. The number of nitrogen functional groups attached to an aromatic ring is 1. The monoisotopic (exact) mass is 291 g/mol. The van der Waals surface area contributed by atoms with Gasteiger partial charge in [-0.1, -0.05) is 30.3 Å². The fourth-order valence-electron chi connectivity index (χ4n) is 2.17. The molecule has 3 rings (SSSR count). The third kappa shape index (κ3) is 2.92. The molecule has 1 unspecified atom stereocenters. The molecule has 2 heterocycles. The summed E-state index contributed by atoms with van der Waals surface area (Å²) in [7, 11) is 0. The summed E-state index contributed by atoms with van der Waals surface area (Å²) in [5, 5.41) is 4.35. The molecule has 6 heteroatoms. The van der Waals surface area contributed by atoms with Gasteiger partial charge in [0, 0.05) is 6.54 Å². The molecule has 2 aromatic rings. The van der Waals surface area contributed by atoms with E-state index in [1.54, 1.807) is 0 Å². The second-order valence-corrected chi connectivity index (χ2v) is 5.36. The summed E-state index contributed by atoms with van der Waals surface area (Å²) in [6.45, 7) is 2.66. The van der Waals surface area contributed by atoms with Crippen molar-refractivity contribution in [2.45, 2.75) is 6.10 Å². The van der Waals surface area contributed by atoms with Crippen LogP contribution in [0.3, 0.4) is 0 Å². The molecule has 3 N–H and O–H groups in total. The first-order valence-corrected chi connectivity index (χ1v) is 7.35. The smallest absolute Gasteiger partial charge is 0.147 e.